The predicted molar refractivity (Wildman–Crippen MR) is 68.9 cm³/mol. The van der Waals surface area contributed by atoms with Crippen molar-refractivity contribution < 1.29 is 13.2 Å². The van der Waals surface area contributed by atoms with Crippen molar-refractivity contribution in [3.05, 3.63) is 46.5 Å². The van der Waals surface area contributed by atoms with Gasteiger partial charge in [-0.3, -0.25) is 0 Å². The fraction of sp³-hybridized carbons (Fsp3) is 0.250. The smallest absolute Gasteiger partial charge is 0.323 e. The lowest BCUT2D eigenvalue weighted by atomic mass is 10.2. The molecular formula is C12H11BrF3N3. The summed E-state index contributed by atoms with van der Waals surface area (Å²) in [5, 5.41) is 0. The van der Waals surface area contributed by atoms with Gasteiger partial charge in [-0.05, 0) is 41.1 Å². The van der Waals surface area contributed by atoms with Crippen molar-refractivity contribution in [3.8, 4) is 5.69 Å². The zero-order chi connectivity index (χ0) is 14.2. The highest BCUT2D eigenvalue weighted by Gasteiger charge is 2.31. The van der Waals surface area contributed by atoms with Gasteiger partial charge in [0.2, 0.25) is 0 Å². The van der Waals surface area contributed by atoms with Gasteiger partial charge >= 0.3 is 6.18 Å². The molecule has 0 spiro atoms. The number of rotatable bonds is 2. The van der Waals surface area contributed by atoms with E-state index in [4.69, 9.17) is 5.73 Å². The second-order valence-electron chi connectivity index (χ2n) is 4.14. The zero-order valence-electron chi connectivity index (χ0n) is 9.95. The predicted octanol–water partition coefficient (Wildman–Crippen LogP) is 3.67. The summed E-state index contributed by atoms with van der Waals surface area (Å²) in [6.45, 7) is 1.75. The Hall–Kier alpha value is -1.34. The molecule has 0 unspecified atom stereocenters. The van der Waals surface area contributed by atoms with Crippen LogP contribution in [0.2, 0.25) is 0 Å². The van der Waals surface area contributed by atoms with Crippen LogP contribution in [0.5, 0.6) is 0 Å². The molecule has 1 aromatic carbocycles. The average Bonchev–Trinajstić information content (AvgIpc) is 2.76. The maximum atomic E-state index is 12.7. The first-order chi connectivity index (χ1) is 8.80. The summed E-state index contributed by atoms with van der Waals surface area (Å²) in [5.74, 6) is 0. The van der Waals surface area contributed by atoms with Crippen LogP contribution in [0.3, 0.4) is 0 Å². The van der Waals surface area contributed by atoms with E-state index in [0.717, 1.165) is 12.1 Å². The fourth-order valence-corrected chi connectivity index (χ4v) is 2.15. The Balaban J connectivity index is 2.58. The van der Waals surface area contributed by atoms with E-state index < -0.39 is 11.7 Å². The summed E-state index contributed by atoms with van der Waals surface area (Å²) < 4.78 is 40.3. The maximum Gasteiger partial charge on any atom is 0.416 e. The largest absolute Gasteiger partial charge is 0.416 e. The maximum absolute atomic E-state index is 12.7. The van der Waals surface area contributed by atoms with Crippen molar-refractivity contribution in [1.29, 1.82) is 0 Å². The minimum atomic E-state index is -4.38. The molecule has 0 fully saturated rings. The molecule has 0 aliphatic heterocycles. The van der Waals surface area contributed by atoms with Crippen LogP contribution in [0, 0.1) is 0 Å². The Morgan fingerprint density at radius 3 is 2.63 bits per heavy atom. The second kappa shape index (κ2) is 4.97. The molecule has 0 radical (unpaired) electrons. The molecule has 2 aromatic rings. The van der Waals surface area contributed by atoms with Crippen molar-refractivity contribution in [2.75, 3.05) is 0 Å². The second-order valence-corrected chi connectivity index (χ2v) is 5.00. The van der Waals surface area contributed by atoms with Crippen LogP contribution >= 0.6 is 15.9 Å². The molecular weight excluding hydrogens is 323 g/mol. The van der Waals surface area contributed by atoms with Gasteiger partial charge in [-0.1, -0.05) is 0 Å². The van der Waals surface area contributed by atoms with Gasteiger partial charge in [0.05, 0.1) is 29.5 Å². The number of halogens is 4. The van der Waals surface area contributed by atoms with Crippen molar-refractivity contribution in [1.82, 2.24) is 9.55 Å². The number of benzene rings is 1. The number of nitrogens with two attached hydrogens (primary N) is 1. The minimum absolute atomic E-state index is 0.330. The number of alkyl halides is 3. The zero-order valence-corrected chi connectivity index (χ0v) is 11.5. The van der Waals surface area contributed by atoms with Crippen LogP contribution in [-0.4, -0.2) is 9.55 Å². The minimum Gasteiger partial charge on any atom is -0.323 e. The number of hydrogen-bond donors (Lipinski definition) is 1. The van der Waals surface area contributed by atoms with Gasteiger partial charge in [0, 0.05) is 10.5 Å². The van der Waals surface area contributed by atoms with Crippen molar-refractivity contribution >= 4 is 15.9 Å². The van der Waals surface area contributed by atoms with Crippen LogP contribution in [0.25, 0.3) is 5.69 Å². The molecule has 19 heavy (non-hydrogen) atoms. The third-order valence-electron chi connectivity index (χ3n) is 2.67. The third kappa shape index (κ3) is 2.82. The Kier molecular flexibility index (Phi) is 3.69. The molecule has 0 saturated heterocycles. The van der Waals surface area contributed by atoms with Gasteiger partial charge in [-0.2, -0.15) is 13.2 Å². The van der Waals surface area contributed by atoms with Crippen molar-refractivity contribution in [3.63, 3.8) is 0 Å². The van der Waals surface area contributed by atoms with Crippen LogP contribution in [0.4, 0.5) is 13.2 Å². The van der Waals surface area contributed by atoms with E-state index in [1.54, 1.807) is 11.5 Å². The first-order valence-corrected chi connectivity index (χ1v) is 6.25. The highest BCUT2D eigenvalue weighted by Crippen LogP contribution is 2.33. The monoisotopic (exact) mass is 333 g/mol. The van der Waals surface area contributed by atoms with E-state index in [2.05, 4.69) is 20.9 Å². The summed E-state index contributed by atoms with van der Waals surface area (Å²) >= 11 is 3.25. The molecule has 2 N–H and O–H groups in total. The van der Waals surface area contributed by atoms with Crippen LogP contribution in [0.15, 0.2) is 35.2 Å². The molecule has 7 heteroatoms. The van der Waals surface area contributed by atoms with Gasteiger partial charge in [0.1, 0.15) is 0 Å². The SMILES string of the molecule is C[C@H](N)c1cncn1-c1cc(C(F)(F)F)ccc1Br. The van der Waals surface area contributed by atoms with E-state index >= 15 is 0 Å². The summed E-state index contributed by atoms with van der Waals surface area (Å²) in [5.41, 5.74) is 6.06. The highest BCUT2D eigenvalue weighted by molar-refractivity contribution is 9.10. The molecule has 1 heterocycles. The quantitative estimate of drug-likeness (QED) is 0.911. The van der Waals surface area contributed by atoms with Crippen LogP contribution < -0.4 is 5.73 Å². The van der Waals surface area contributed by atoms with Gasteiger partial charge in [0.25, 0.3) is 0 Å². The fourth-order valence-electron chi connectivity index (χ4n) is 1.72. The van der Waals surface area contributed by atoms with Gasteiger partial charge in [-0.15, -0.1) is 0 Å². The van der Waals surface area contributed by atoms with E-state index in [-0.39, 0.29) is 6.04 Å². The van der Waals surface area contributed by atoms with E-state index in [9.17, 15) is 13.2 Å². The number of nitrogens with zero attached hydrogens (tertiary/aromatic N) is 2. The Labute approximate surface area is 116 Å². The van der Waals surface area contributed by atoms with Gasteiger partial charge < -0.3 is 10.3 Å². The molecule has 0 bridgehead atoms. The third-order valence-corrected chi connectivity index (χ3v) is 3.34. The van der Waals surface area contributed by atoms with Crippen molar-refractivity contribution in [2.45, 2.75) is 19.1 Å². The first kappa shape index (κ1) is 14.1. The standard InChI is InChI=1S/C12H11BrF3N3/c1-7(17)11-5-18-6-19(11)10-4-8(12(14,15)16)2-3-9(10)13/h2-7H,17H2,1H3/t7-/m0/s1. The molecule has 0 aliphatic carbocycles. The highest BCUT2D eigenvalue weighted by atomic mass is 79.9. The van der Waals surface area contributed by atoms with E-state index in [1.165, 1.54) is 18.6 Å². The summed E-state index contributed by atoms with van der Waals surface area (Å²) in [6, 6.07) is 3.13. The van der Waals surface area contributed by atoms with Crippen LogP contribution in [-0.2, 0) is 6.18 Å². The average molecular weight is 334 g/mol. The molecule has 3 nitrogen and oxygen atoms in total. The molecule has 0 aliphatic rings. The molecule has 1 atom stereocenters. The van der Waals surface area contributed by atoms with Gasteiger partial charge in [0.15, 0.2) is 0 Å². The first-order valence-electron chi connectivity index (χ1n) is 5.45. The summed E-state index contributed by atoms with van der Waals surface area (Å²) in [7, 11) is 0. The topological polar surface area (TPSA) is 43.8 Å². The number of imidazole rings is 1. The molecule has 0 amide bonds. The lowest BCUT2D eigenvalue weighted by Crippen LogP contribution is -2.12. The van der Waals surface area contributed by atoms with E-state index in [1.807, 2.05) is 0 Å². The Bertz CT molecular complexity index is 590. The van der Waals surface area contributed by atoms with Crippen LogP contribution in [0.1, 0.15) is 24.2 Å². The summed E-state index contributed by atoms with van der Waals surface area (Å²) in [4.78, 5) is 3.93. The Morgan fingerprint density at radius 2 is 2.05 bits per heavy atom. The molecule has 102 valence electrons. The molecule has 0 saturated carbocycles. The van der Waals surface area contributed by atoms with Crippen molar-refractivity contribution in [2.24, 2.45) is 5.73 Å². The normalized spacial score (nSPS) is 13.6. The molecule has 1 aromatic heterocycles. The Morgan fingerprint density at radius 1 is 1.37 bits per heavy atom. The van der Waals surface area contributed by atoms with E-state index in [0.29, 0.717) is 15.9 Å². The molecule has 2 rings (SSSR count). The lowest BCUT2D eigenvalue weighted by molar-refractivity contribution is -0.137. The number of hydrogen-bond acceptors (Lipinski definition) is 2. The van der Waals surface area contributed by atoms with Gasteiger partial charge in [-0.25, -0.2) is 4.98 Å². The lowest BCUT2D eigenvalue weighted by Gasteiger charge is -2.15. The summed E-state index contributed by atoms with van der Waals surface area (Å²) in [6.07, 6.45) is -1.40. The number of aromatic nitrogens is 2.